The fourth-order valence-electron chi connectivity index (χ4n) is 3.33. The van der Waals surface area contributed by atoms with Gasteiger partial charge in [0.15, 0.2) is 5.82 Å². The number of ether oxygens (including phenoxy) is 1. The number of carboxylic acids is 1. The number of aliphatic carboxylic acids is 1. The van der Waals surface area contributed by atoms with Gasteiger partial charge in [-0.05, 0) is 31.5 Å². The summed E-state index contributed by atoms with van der Waals surface area (Å²) in [6.45, 7) is 6.72. The number of nitrogens with zero attached hydrogens (tertiary/aromatic N) is 6. The number of rotatable bonds is 10. The largest absolute Gasteiger partial charge is 0.480 e. The first kappa shape index (κ1) is 27.4. The Morgan fingerprint density at radius 2 is 1.63 bits per heavy atom. The molecule has 2 aromatic rings. The summed E-state index contributed by atoms with van der Waals surface area (Å²) in [5.41, 5.74) is 1.14. The van der Waals surface area contributed by atoms with Crippen molar-refractivity contribution in [3.63, 3.8) is 0 Å². The molecule has 1 aromatic carbocycles. The third-order valence-corrected chi connectivity index (χ3v) is 5.63. The van der Waals surface area contributed by atoms with Gasteiger partial charge in [0.1, 0.15) is 17.5 Å². The molecule has 0 saturated carbocycles. The SMILES string of the molecule is CCN(CC)c1ncc(N(C)C(C)=O)c(N(C)[C@@H](Cc2ccc(OC(=O)N(C)C)cc2)C(=O)O)n1. The Kier molecular flexibility index (Phi) is 9.38. The smallest absolute Gasteiger partial charge is 0.414 e. The summed E-state index contributed by atoms with van der Waals surface area (Å²) in [6.07, 6.45) is 1.19. The molecule has 0 radical (unpaired) electrons. The van der Waals surface area contributed by atoms with Crippen LogP contribution in [-0.4, -0.2) is 85.3 Å². The minimum absolute atomic E-state index is 0.154. The molecule has 35 heavy (non-hydrogen) atoms. The van der Waals surface area contributed by atoms with Gasteiger partial charge in [0.2, 0.25) is 11.9 Å². The number of carbonyl (C=O) groups is 3. The van der Waals surface area contributed by atoms with E-state index >= 15 is 0 Å². The van der Waals surface area contributed by atoms with E-state index in [1.807, 2.05) is 18.7 Å². The van der Waals surface area contributed by atoms with E-state index in [4.69, 9.17) is 4.74 Å². The van der Waals surface area contributed by atoms with Gasteiger partial charge in [-0.1, -0.05) is 12.1 Å². The molecule has 0 spiro atoms. The zero-order valence-electron chi connectivity index (χ0n) is 21.3. The molecule has 190 valence electrons. The van der Waals surface area contributed by atoms with Crippen LogP contribution in [0.1, 0.15) is 26.3 Å². The average Bonchev–Trinajstić information content (AvgIpc) is 2.83. The molecule has 2 rings (SSSR count). The molecular weight excluding hydrogens is 452 g/mol. The molecular formula is C24H34N6O5. The van der Waals surface area contributed by atoms with Crippen LogP contribution < -0.4 is 19.4 Å². The number of aromatic nitrogens is 2. The zero-order chi connectivity index (χ0) is 26.3. The van der Waals surface area contributed by atoms with Crippen molar-refractivity contribution < 1.29 is 24.2 Å². The van der Waals surface area contributed by atoms with E-state index in [1.165, 1.54) is 16.7 Å². The summed E-state index contributed by atoms with van der Waals surface area (Å²) >= 11 is 0. The minimum Gasteiger partial charge on any atom is -0.480 e. The number of likely N-dealkylation sites (N-methyl/N-ethyl adjacent to an activating group) is 1. The summed E-state index contributed by atoms with van der Waals surface area (Å²) in [5.74, 6) is -0.126. The summed E-state index contributed by atoms with van der Waals surface area (Å²) in [6, 6.07) is 5.68. The van der Waals surface area contributed by atoms with Crippen LogP contribution in [-0.2, 0) is 16.0 Å². The molecule has 1 atom stereocenters. The first-order valence-electron chi connectivity index (χ1n) is 11.3. The van der Waals surface area contributed by atoms with Crippen molar-refractivity contribution in [2.75, 3.05) is 56.0 Å². The van der Waals surface area contributed by atoms with Crippen molar-refractivity contribution in [2.45, 2.75) is 33.2 Å². The highest BCUT2D eigenvalue weighted by Gasteiger charge is 2.28. The van der Waals surface area contributed by atoms with Crippen LogP contribution in [0, 0.1) is 0 Å². The van der Waals surface area contributed by atoms with Crippen molar-refractivity contribution in [2.24, 2.45) is 0 Å². The molecule has 0 unspecified atom stereocenters. The van der Waals surface area contributed by atoms with Gasteiger partial charge in [-0.15, -0.1) is 0 Å². The third kappa shape index (κ3) is 6.81. The molecule has 0 saturated heterocycles. The summed E-state index contributed by atoms with van der Waals surface area (Å²) in [7, 11) is 6.40. The van der Waals surface area contributed by atoms with Gasteiger partial charge >= 0.3 is 12.1 Å². The third-order valence-electron chi connectivity index (χ3n) is 5.63. The molecule has 0 aliphatic rings. The number of amides is 2. The summed E-state index contributed by atoms with van der Waals surface area (Å²) in [4.78, 5) is 51.4. The normalized spacial score (nSPS) is 11.4. The van der Waals surface area contributed by atoms with Crippen molar-refractivity contribution in [1.82, 2.24) is 14.9 Å². The first-order chi connectivity index (χ1) is 16.5. The molecule has 11 nitrogen and oxygen atoms in total. The topological polar surface area (TPSA) is 119 Å². The van der Waals surface area contributed by atoms with Gasteiger partial charge in [-0.2, -0.15) is 4.98 Å². The lowest BCUT2D eigenvalue weighted by Gasteiger charge is -2.31. The second-order valence-electron chi connectivity index (χ2n) is 8.20. The van der Waals surface area contributed by atoms with Gasteiger partial charge in [-0.25, -0.2) is 14.6 Å². The van der Waals surface area contributed by atoms with Gasteiger partial charge < -0.3 is 29.4 Å². The first-order valence-corrected chi connectivity index (χ1v) is 11.3. The van der Waals surface area contributed by atoms with Crippen LogP contribution in [0.3, 0.4) is 0 Å². The van der Waals surface area contributed by atoms with Crippen molar-refractivity contribution in [3.05, 3.63) is 36.0 Å². The number of hydrogen-bond acceptors (Lipinski definition) is 8. The van der Waals surface area contributed by atoms with Crippen LogP contribution in [0.5, 0.6) is 5.75 Å². The molecule has 0 aliphatic carbocycles. The fourth-order valence-corrected chi connectivity index (χ4v) is 3.33. The van der Waals surface area contributed by atoms with Crippen molar-refractivity contribution in [1.29, 1.82) is 0 Å². The number of hydrogen-bond donors (Lipinski definition) is 1. The predicted molar refractivity (Wildman–Crippen MR) is 134 cm³/mol. The van der Waals surface area contributed by atoms with Crippen LogP contribution in [0.2, 0.25) is 0 Å². The van der Waals surface area contributed by atoms with E-state index in [0.717, 1.165) is 5.56 Å². The van der Waals surface area contributed by atoms with Crippen molar-refractivity contribution >= 4 is 35.4 Å². The van der Waals surface area contributed by atoms with E-state index < -0.39 is 18.1 Å². The van der Waals surface area contributed by atoms with E-state index in [1.54, 1.807) is 63.6 Å². The van der Waals surface area contributed by atoms with Gasteiger partial charge in [0.25, 0.3) is 0 Å². The monoisotopic (exact) mass is 486 g/mol. The number of carbonyl (C=O) groups excluding carboxylic acids is 2. The summed E-state index contributed by atoms with van der Waals surface area (Å²) < 4.78 is 5.22. The van der Waals surface area contributed by atoms with Gasteiger partial charge in [0, 0.05) is 54.6 Å². The van der Waals surface area contributed by atoms with E-state index in [0.29, 0.717) is 36.3 Å². The molecule has 11 heteroatoms. The maximum absolute atomic E-state index is 12.3. The molecule has 0 bridgehead atoms. The Hall–Kier alpha value is -3.89. The second kappa shape index (κ2) is 12.0. The van der Waals surface area contributed by atoms with E-state index in [-0.39, 0.29) is 12.3 Å². The quantitative estimate of drug-likeness (QED) is 0.540. The lowest BCUT2D eigenvalue weighted by molar-refractivity contribution is -0.138. The maximum atomic E-state index is 12.3. The maximum Gasteiger partial charge on any atom is 0.414 e. The molecule has 0 aliphatic heterocycles. The van der Waals surface area contributed by atoms with Gasteiger partial charge in [-0.3, -0.25) is 4.79 Å². The lowest BCUT2D eigenvalue weighted by atomic mass is 10.0. The fraction of sp³-hybridized carbons (Fsp3) is 0.458. The predicted octanol–water partition coefficient (Wildman–Crippen LogP) is 2.50. The number of carboxylic acid groups (broad SMARTS) is 1. The van der Waals surface area contributed by atoms with Crippen LogP contribution in [0.25, 0.3) is 0 Å². The van der Waals surface area contributed by atoms with E-state index in [2.05, 4.69) is 9.97 Å². The molecule has 1 aromatic heterocycles. The molecule has 2 amide bonds. The average molecular weight is 487 g/mol. The Balaban J connectivity index is 2.40. The van der Waals surface area contributed by atoms with Crippen LogP contribution >= 0.6 is 0 Å². The van der Waals surface area contributed by atoms with Gasteiger partial charge in [0.05, 0.1) is 6.20 Å². The molecule has 1 N–H and O–H groups in total. The lowest BCUT2D eigenvalue weighted by Crippen LogP contribution is -2.42. The highest BCUT2D eigenvalue weighted by atomic mass is 16.6. The Labute approximate surface area is 205 Å². The van der Waals surface area contributed by atoms with Crippen LogP contribution in [0.15, 0.2) is 30.5 Å². The molecule has 0 fully saturated rings. The standard InChI is InChI=1S/C24H34N6O5/c1-8-30(9-2)23-25-15-20(28(6)16(3)31)21(26-23)29(7)19(22(32)33)14-17-10-12-18(13-11-17)35-24(34)27(4)5/h10-13,15,19H,8-9,14H2,1-7H3,(H,32,33)/t19-/m0/s1. The Morgan fingerprint density at radius 1 is 1.03 bits per heavy atom. The molecule has 1 heterocycles. The number of anilines is 3. The van der Waals surface area contributed by atoms with Crippen molar-refractivity contribution in [3.8, 4) is 5.75 Å². The second-order valence-corrected chi connectivity index (χ2v) is 8.20. The number of benzene rings is 1. The highest BCUT2D eigenvalue weighted by molar-refractivity contribution is 5.94. The van der Waals surface area contributed by atoms with E-state index in [9.17, 15) is 19.5 Å². The highest BCUT2D eigenvalue weighted by Crippen LogP contribution is 2.30. The van der Waals surface area contributed by atoms with Crippen LogP contribution in [0.4, 0.5) is 22.2 Å². The minimum atomic E-state index is -1.05. The zero-order valence-corrected chi connectivity index (χ0v) is 21.3. The Morgan fingerprint density at radius 3 is 2.11 bits per heavy atom. The Bertz CT molecular complexity index is 1040. The summed E-state index contributed by atoms with van der Waals surface area (Å²) in [5, 5.41) is 10.1.